The summed E-state index contributed by atoms with van der Waals surface area (Å²) in [6.45, 7) is 3.99. The Morgan fingerprint density at radius 3 is 2.80 bits per heavy atom. The number of nitrogens with one attached hydrogen (secondary N) is 2. The minimum atomic E-state index is -3.91. The molecular weight excluding hydrogens is 409 g/mol. The lowest BCUT2D eigenvalue weighted by Gasteiger charge is -2.08. The van der Waals surface area contributed by atoms with Crippen LogP contribution in [0.25, 0.3) is 22.8 Å². The average molecular weight is 434 g/mol. The Kier molecular flexibility index (Phi) is 6.37. The van der Waals surface area contributed by atoms with Gasteiger partial charge in [0.1, 0.15) is 11.6 Å². The normalized spacial score (nSPS) is 12.1. The molecule has 0 bridgehead atoms. The van der Waals surface area contributed by atoms with Crippen LogP contribution in [-0.4, -0.2) is 35.2 Å². The van der Waals surface area contributed by atoms with E-state index >= 15 is 0 Å². The Labute approximate surface area is 174 Å². The second kappa shape index (κ2) is 8.80. The molecule has 3 rings (SSSR count). The van der Waals surface area contributed by atoms with Gasteiger partial charge in [0, 0.05) is 36.8 Å². The molecule has 0 atom stereocenters. The molecule has 1 amide bonds. The molecule has 0 unspecified atom stereocenters. The van der Waals surface area contributed by atoms with Crippen molar-refractivity contribution in [3.05, 3.63) is 53.6 Å². The molecule has 0 spiro atoms. The van der Waals surface area contributed by atoms with Gasteiger partial charge in [0.15, 0.2) is 0 Å². The third kappa shape index (κ3) is 4.77. The van der Waals surface area contributed by atoms with Crippen LogP contribution in [0.1, 0.15) is 31.0 Å². The molecule has 2 N–H and O–H groups in total. The van der Waals surface area contributed by atoms with Gasteiger partial charge in [-0.1, -0.05) is 13.3 Å². The fraction of sp³-hybridized carbons (Fsp3) is 0.300. The third-order valence-corrected chi connectivity index (χ3v) is 5.63. The molecule has 0 aliphatic heterocycles. The van der Waals surface area contributed by atoms with E-state index in [-0.39, 0.29) is 12.4 Å². The molecule has 0 saturated carbocycles. The van der Waals surface area contributed by atoms with Crippen LogP contribution in [0, 0.1) is 12.7 Å². The lowest BCUT2D eigenvalue weighted by Crippen LogP contribution is -2.39. The summed E-state index contributed by atoms with van der Waals surface area (Å²) >= 11 is 0. The zero-order valence-corrected chi connectivity index (χ0v) is 17.8. The highest BCUT2D eigenvalue weighted by Gasteiger charge is 2.16. The molecule has 8 nitrogen and oxygen atoms in total. The number of aromatic nitrogens is 3. The summed E-state index contributed by atoms with van der Waals surface area (Å²) in [5.41, 5.74) is 2.08. The Balaban J connectivity index is 1.88. The molecular formula is C20H24FN5O3S. The van der Waals surface area contributed by atoms with Crippen molar-refractivity contribution in [3.8, 4) is 5.82 Å². The fourth-order valence-electron chi connectivity index (χ4n) is 3.19. The van der Waals surface area contributed by atoms with Crippen molar-refractivity contribution in [2.75, 3.05) is 6.54 Å². The topological polar surface area (TPSA) is 98.0 Å². The maximum absolute atomic E-state index is 13.5. The van der Waals surface area contributed by atoms with Gasteiger partial charge in [0.05, 0.1) is 11.2 Å². The Hall–Kier alpha value is -2.98. The molecule has 1 aromatic carbocycles. The fourth-order valence-corrected chi connectivity index (χ4v) is 4.00. The van der Waals surface area contributed by atoms with Gasteiger partial charge in [-0.05, 0) is 43.7 Å². The number of carbonyl (C=O) groups excluding carboxylic acids is 1. The van der Waals surface area contributed by atoms with Crippen molar-refractivity contribution in [1.29, 1.82) is 0 Å². The summed E-state index contributed by atoms with van der Waals surface area (Å²) in [5, 5.41) is 5.13. The van der Waals surface area contributed by atoms with Crippen molar-refractivity contribution in [2.24, 2.45) is 7.05 Å². The number of hydrogen-bond acceptors (Lipinski definition) is 4. The van der Waals surface area contributed by atoms with E-state index in [0.29, 0.717) is 23.5 Å². The van der Waals surface area contributed by atoms with E-state index in [9.17, 15) is 17.6 Å². The minimum absolute atomic E-state index is 0.260. The van der Waals surface area contributed by atoms with Crippen molar-refractivity contribution in [1.82, 2.24) is 23.8 Å². The van der Waals surface area contributed by atoms with Crippen LogP contribution in [0.5, 0.6) is 0 Å². The molecule has 0 fully saturated rings. The molecule has 160 valence electrons. The maximum atomic E-state index is 13.5. The molecule has 10 heteroatoms. The van der Waals surface area contributed by atoms with Gasteiger partial charge in [-0.3, -0.25) is 9.48 Å². The van der Waals surface area contributed by atoms with Gasteiger partial charge in [0.25, 0.3) is 5.91 Å². The lowest BCUT2D eigenvalue weighted by atomic mass is 10.2. The Morgan fingerprint density at radius 2 is 2.07 bits per heavy atom. The van der Waals surface area contributed by atoms with Gasteiger partial charge in [0.2, 0.25) is 0 Å². The first-order chi connectivity index (χ1) is 14.2. The monoisotopic (exact) mass is 433 g/mol. The van der Waals surface area contributed by atoms with E-state index in [1.54, 1.807) is 37.0 Å². The number of fused-ring (bicyclic) bond motifs is 1. The number of unbranched alkanes of at least 4 members (excludes halogenated alkanes) is 1. The van der Waals surface area contributed by atoms with Crippen LogP contribution in [0.4, 0.5) is 4.39 Å². The smallest absolute Gasteiger partial charge is 0.301 e. The number of hydrogen-bond donors (Lipinski definition) is 2. The van der Waals surface area contributed by atoms with Crippen LogP contribution >= 0.6 is 0 Å². The number of benzene rings is 1. The summed E-state index contributed by atoms with van der Waals surface area (Å²) in [7, 11) is -2.15. The van der Waals surface area contributed by atoms with Gasteiger partial charge in [-0.2, -0.15) is 18.2 Å². The van der Waals surface area contributed by atoms with Crippen molar-refractivity contribution >= 4 is 33.1 Å². The minimum Gasteiger partial charge on any atom is -0.301 e. The molecule has 0 radical (unpaired) electrons. The number of amides is 1. The molecule has 0 saturated heterocycles. The highest BCUT2D eigenvalue weighted by atomic mass is 32.2. The van der Waals surface area contributed by atoms with E-state index in [0.717, 1.165) is 23.4 Å². The quantitative estimate of drug-likeness (QED) is 0.421. The third-order valence-electron chi connectivity index (χ3n) is 4.58. The lowest BCUT2D eigenvalue weighted by molar-refractivity contribution is -0.114. The van der Waals surface area contributed by atoms with Crippen LogP contribution in [-0.2, 0) is 22.1 Å². The van der Waals surface area contributed by atoms with E-state index in [4.69, 9.17) is 0 Å². The highest BCUT2D eigenvalue weighted by Crippen LogP contribution is 2.26. The molecule has 2 aromatic heterocycles. The van der Waals surface area contributed by atoms with E-state index in [1.165, 1.54) is 18.2 Å². The van der Waals surface area contributed by atoms with Crippen LogP contribution < -0.4 is 9.44 Å². The maximum Gasteiger partial charge on any atom is 0.301 e. The second-order valence-corrected chi connectivity index (χ2v) is 8.39. The Morgan fingerprint density at radius 1 is 1.30 bits per heavy atom. The summed E-state index contributed by atoms with van der Waals surface area (Å²) < 4.78 is 45.1. The first kappa shape index (κ1) is 21.7. The average Bonchev–Trinajstić information content (AvgIpc) is 3.18. The summed E-state index contributed by atoms with van der Waals surface area (Å²) in [5.74, 6) is -0.429. The molecule has 0 aliphatic carbocycles. The Bertz CT molecular complexity index is 1210. The predicted octanol–water partition coefficient (Wildman–Crippen LogP) is 2.58. The number of halogens is 1. The van der Waals surface area contributed by atoms with Crippen LogP contribution in [0.15, 0.2) is 36.5 Å². The summed E-state index contributed by atoms with van der Waals surface area (Å²) in [6.07, 6.45) is 5.97. The zero-order valence-electron chi connectivity index (χ0n) is 17.0. The standard InChI is InChI=1S/C20H24FN5O3S/c1-4-5-11-22-30(28,29)24-19(27)9-7-17-14(2)23-25(3)20(17)26-12-10-15-13-16(21)6-8-18(15)26/h6-10,12-13,22H,4-5,11H2,1-3H3,(H,24,27). The summed E-state index contributed by atoms with van der Waals surface area (Å²) in [6, 6.07) is 6.27. The number of aryl methyl sites for hydroxylation is 2. The zero-order chi connectivity index (χ0) is 21.9. The van der Waals surface area contributed by atoms with E-state index < -0.39 is 16.1 Å². The van der Waals surface area contributed by atoms with Gasteiger partial charge in [-0.25, -0.2) is 9.11 Å². The number of nitrogens with zero attached hydrogens (tertiary/aromatic N) is 3. The van der Waals surface area contributed by atoms with Crippen LogP contribution in [0.2, 0.25) is 0 Å². The van der Waals surface area contributed by atoms with Crippen molar-refractivity contribution in [2.45, 2.75) is 26.7 Å². The second-order valence-electron chi connectivity index (χ2n) is 6.89. The van der Waals surface area contributed by atoms with Gasteiger partial charge < -0.3 is 4.57 Å². The van der Waals surface area contributed by atoms with Crippen LogP contribution in [0.3, 0.4) is 0 Å². The SMILES string of the molecule is CCCCNS(=O)(=O)NC(=O)C=Cc1c(C)nn(C)c1-n1ccc2cc(F)ccc21. The predicted molar refractivity (Wildman–Crippen MR) is 114 cm³/mol. The van der Waals surface area contributed by atoms with Gasteiger partial charge in [-0.15, -0.1) is 0 Å². The highest BCUT2D eigenvalue weighted by molar-refractivity contribution is 7.88. The van der Waals surface area contributed by atoms with E-state index in [1.807, 2.05) is 16.2 Å². The van der Waals surface area contributed by atoms with E-state index in [2.05, 4.69) is 9.82 Å². The molecule has 30 heavy (non-hydrogen) atoms. The first-order valence-electron chi connectivity index (χ1n) is 9.52. The number of carbonyl (C=O) groups is 1. The largest absolute Gasteiger partial charge is 0.301 e. The molecule has 3 aromatic rings. The number of rotatable bonds is 8. The molecule has 0 aliphatic rings. The van der Waals surface area contributed by atoms with Gasteiger partial charge >= 0.3 is 10.2 Å². The summed E-state index contributed by atoms with van der Waals surface area (Å²) in [4.78, 5) is 12.1. The van der Waals surface area contributed by atoms with Crippen molar-refractivity contribution in [3.63, 3.8) is 0 Å². The first-order valence-corrected chi connectivity index (χ1v) is 11.0. The molecule has 2 heterocycles. The van der Waals surface area contributed by atoms with Crippen molar-refractivity contribution < 1.29 is 17.6 Å².